The lowest BCUT2D eigenvalue weighted by Crippen LogP contribution is -2.34. The maximum atomic E-state index is 12.9. The van der Waals surface area contributed by atoms with E-state index < -0.39 is 0 Å². The number of benzene rings is 1. The van der Waals surface area contributed by atoms with Crippen LogP contribution in [0.15, 0.2) is 18.2 Å². The van der Waals surface area contributed by atoms with Crippen LogP contribution in [0.25, 0.3) is 0 Å². The predicted octanol–water partition coefficient (Wildman–Crippen LogP) is 4.54. The highest BCUT2D eigenvalue weighted by atomic mass is 35.5. The van der Waals surface area contributed by atoms with E-state index in [9.17, 15) is 4.39 Å². The fraction of sp³-hybridized carbons (Fsp3) is 0.600. The van der Waals surface area contributed by atoms with Crippen molar-refractivity contribution in [2.45, 2.75) is 51.6 Å². The second-order valence-electron chi connectivity index (χ2n) is 5.30. The monoisotopic (exact) mass is 269 g/mol. The Morgan fingerprint density at radius 1 is 1.33 bits per heavy atom. The molecule has 1 unspecified atom stereocenters. The summed E-state index contributed by atoms with van der Waals surface area (Å²) in [7, 11) is 0. The first-order chi connectivity index (χ1) is 8.66. The van der Waals surface area contributed by atoms with Gasteiger partial charge in [0.15, 0.2) is 0 Å². The van der Waals surface area contributed by atoms with Crippen LogP contribution in [0, 0.1) is 11.7 Å². The zero-order valence-electron chi connectivity index (χ0n) is 10.9. The van der Waals surface area contributed by atoms with Crippen molar-refractivity contribution in [3.63, 3.8) is 0 Å². The Bertz CT molecular complexity index is 388. The first-order valence-corrected chi connectivity index (χ1v) is 7.22. The van der Waals surface area contributed by atoms with E-state index in [1.165, 1.54) is 44.2 Å². The third-order valence-corrected chi connectivity index (χ3v) is 4.34. The Morgan fingerprint density at radius 3 is 2.72 bits per heavy atom. The standard InChI is InChI=1S/C15H21ClFN/c1-11(12-5-3-2-4-6-12)18-10-13-7-8-14(17)9-15(13)16/h7-9,11-12,18H,2-6,10H2,1H3. The van der Waals surface area contributed by atoms with Gasteiger partial charge in [0.1, 0.15) is 5.82 Å². The van der Waals surface area contributed by atoms with Gasteiger partial charge >= 0.3 is 0 Å². The average molecular weight is 270 g/mol. The minimum absolute atomic E-state index is 0.274. The molecule has 100 valence electrons. The second-order valence-corrected chi connectivity index (χ2v) is 5.71. The summed E-state index contributed by atoms with van der Waals surface area (Å²) in [5.74, 6) is 0.502. The molecule has 1 aliphatic carbocycles. The van der Waals surface area contributed by atoms with Crippen molar-refractivity contribution in [3.05, 3.63) is 34.6 Å². The SMILES string of the molecule is CC(NCc1ccc(F)cc1Cl)C1CCCCC1. The van der Waals surface area contributed by atoms with E-state index in [1.54, 1.807) is 6.07 Å². The van der Waals surface area contributed by atoms with Crippen LogP contribution in [0.3, 0.4) is 0 Å². The van der Waals surface area contributed by atoms with E-state index in [0.29, 0.717) is 11.1 Å². The number of hydrogen-bond acceptors (Lipinski definition) is 1. The molecule has 1 saturated carbocycles. The van der Waals surface area contributed by atoms with Gasteiger partial charge in [-0.2, -0.15) is 0 Å². The highest BCUT2D eigenvalue weighted by Crippen LogP contribution is 2.26. The van der Waals surface area contributed by atoms with Crippen molar-refractivity contribution < 1.29 is 4.39 Å². The molecular weight excluding hydrogens is 249 g/mol. The molecule has 1 aliphatic rings. The van der Waals surface area contributed by atoms with Crippen molar-refractivity contribution in [2.24, 2.45) is 5.92 Å². The van der Waals surface area contributed by atoms with Crippen molar-refractivity contribution in [1.82, 2.24) is 5.32 Å². The van der Waals surface area contributed by atoms with Crippen LogP contribution in [0.4, 0.5) is 4.39 Å². The molecule has 0 bridgehead atoms. The molecule has 0 aromatic heterocycles. The summed E-state index contributed by atoms with van der Waals surface area (Å²) < 4.78 is 12.9. The Hall–Kier alpha value is -0.600. The summed E-state index contributed by atoms with van der Waals surface area (Å²) in [6.45, 7) is 2.96. The molecule has 0 heterocycles. The van der Waals surface area contributed by atoms with Gasteiger partial charge in [0.25, 0.3) is 0 Å². The van der Waals surface area contributed by atoms with Crippen LogP contribution in [-0.2, 0) is 6.54 Å². The van der Waals surface area contributed by atoms with Crippen molar-refractivity contribution >= 4 is 11.6 Å². The van der Waals surface area contributed by atoms with Gasteiger partial charge in [-0.05, 0) is 43.4 Å². The van der Waals surface area contributed by atoms with Gasteiger partial charge in [0, 0.05) is 17.6 Å². The summed E-state index contributed by atoms with van der Waals surface area (Å²) in [6, 6.07) is 5.11. The Kier molecular flexibility index (Phi) is 5.02. The largest absolute Gasteiger partial charge is 0.310 e. The smallest absolute Gasteiger partial charge is 0.124 e. The summed E-state index contributed by atoms with van der Waals surface area (Å²) >= 11 is 6.02. The first kappa shape index (κ1) is 13.8. The average Bonchev–Trinajstić information content (AvgIpc) is 2.38. The van der Waals surface area contributed by atoms with E-state index >= 15 is 0 Å². The summed E-state index contributed by atoms with van der Waals surface area (Å²) in [5, 5.41) is 4.03. The van der Waals surface area contributed by atoms with E-state index in [2.05, 4.69) is 12.2 Å². The Labute approximate surface area is 114 Å². The normalized spacial score (nSPS) is 18.8. The molecule has 0 aliphatic heterocycles. The molecule has 0 spiro atoms. The lowest BCUT2D eigenvalue weighted by molar-refractivity contribution is 0.280. The topological polar surface area (TPSA) is 12.0 Å². The second kappa shape index (κ2) is 6.53. The van der Waals surface area contributed by atoms with Gasteiger partial charge in [-0.3, -0.25) is 0 Å². The van der Waals surface area contributed by atoms with E-state index in [1.807, 2.05) is 0 Å². The molecule has 1 aromatic carbocycles. The van der Waals surface area contributed by atoms with Gasteiger partial charge in [-0.1, -0.05) is 36.9 Å². The van der Waals surface area contributed by atoms with Gasteiger partial charge in [-0.25, -0.2) is 4.39 Å². The highest BCUT2D eigenvalue weighted by molar-refractivity contribution is 6.31. The maximum Gasteiger partial charge on any atom is 0.124 e. The molecule has 0 amide bonds. The molecule has 18 heavy (non-hydrogen) atoms. The van der Waals surface area contributed by atoms with E-state index in [4.69, 9.17) is 11.6 Å². The number of rotatable bonds is 4. The molecule has 1 nitrogen and oxygen atoms in total. The van der Waals surface area contributed by atoms with Crippen LogP contribution in [0.2, 0.25) is 5.02 Å². The fourth-order valence-corrected chi connectivity index (χ4v) is 2.97. The molecule has 3 heteroatoms. The van der Waals surface area contributed by atoms with Crippen molar-refractivity contribution in [3.8, 4) is 0 Å². The molecule has 2 rings (SSSR count). The fourth-order valence-electron chi connectivity index (χ4n) is 2.74. The Balaban J connectivity index is 1.86. The van der Waals surface area contributed by atoms with Crippen LogP contribution in [-0.4, -0.2) is 6.04 Å². The van der Waals surface area contributed by atoms with Crippen molar-refractivity contribution in [2.75, 3.05) is 0 Å². The number of halogens is 2. The zero-order valence-corrected chi connectivity index (χ0v) is 11.6. The molecule has 1 fully saturated rings. The van der Waals surface area contributed by atoms with Gasteiger partial charge in [0.05, 0.1) is 0 Å². The van der Waals surface area contributed by atoms with Crippen LogP contribution >= 0.6 is 11.6 Å². The lowest BCUT2D eigenvalue weighted by atomic mass is 9.84. The molecule has 1 N–H and O–H groups in total. The van der Waals surface area contributed by atoms with E-state index in [0.717, 1.165) is 18.0 Å². The van der Waals surface area contributed by atoms with Gasteiger partial charge in [-0.15, -0.1) is 0 Å². The molecule has 0 saturated heterocycles. The van der Waals surface area contributed by atoms with Gasteiger partial charge in [0.2, 0.25) is 0 Å². The number of hydrogen-bond donors (Lipinski definition) is 1. The highest BCUT2D eigenvalue weighted by Gasteiger charge is 2.19. The molecule has 1 aromatic rings. The van der Waals surface area contributed by atoms with Crippen LogP contribution in [0.1, 0.15) is 44.6 Å². The quantitative estimate of drug-likeness (QED) is 0.846. The molecule has 0 radical (unpaired) electrons. The van der Waals surface area contributed by atoms with Crippen LogP contribution < -0.4 is 5.32 Å². The minimum Gasteiger partial charge on any atom is -0.310 e. The summed E-state index contributed by atoms with van der Waals surface area (Å²) in [4.78, 5) is 0. The maximum absolute atomic E-state index is 12.9. The first-order valence-electron chi connectivity index (χ1n) is 6.84. The molecular formula is C15H21ClFN. The van der Waals surface area contributed by atoms with Crippen LogP contribution in [0.5, 0.6) is 0 Å². The zero-order chi connectivity index (χ0) is 13.0. The van der Waals surface area contributed by atoms with Gasteiger partial charge < -0.3 is 5.32 Å². The van der Waals surface area contributed by atoms with E-state index in [-0.39, 0.29) is 5.82 Å². The third-order valence-electron chi connectivity index (χ3n) is 3.99. The minimum atomic E-state index is -0.274. The predicted molar refractivity (Wildman–Crippen MR) is 74.3 cm³/mol. The Morgan fingerprint density at radius 2 is 2.06 bits per heavy atom. The van der Waals surface area contributed by atoms with Crippen molar-refractivity contribution in [1.29, 1.82) is 0 Å². The molecule has 1 atom stereocenters. The lowest BCUT2D eigenvalue weighted by Gasteiger charge is -2.28. The third kappa shape index (κ3) is 3.69. The number of nitrogens with one attached hydrogen (secondary N) is 1. The summed E-state index contributed by atoms with van der Waals surface area (Å²) in [6.07, 6.45) is 6.74. The summed E-state index contributed by atoms with van der Waals surface area (Å²) in [5.41, 5.74) is 0.973.